The monoisotopic (exact) mass is 462 g/mol. The zero-order valence-corrected chi connectivity index (χ0v) is 19.2. The molecule has 4 nitrogen and oxygen atoms in total. The molecule has 1 fully saturated rings. The number of nitrogens with zero attached hydrogens (tertiary/aromatic N) is 1. The Balaban J connectivity index is 1.67. The Morgan fingerprint density at radius 3 is 2.45 bits per heavy atom. The Morgan fingerprint density at radius 2 is 1.77 bits per heavy atom. The van der Waals surface area contributed by atoms with Gasteiger partial charge in [0.2, 0.25) is 11.8 Å². The maximum absolute atomic E-state index is 13.9. The number of carbonyl (C=O) groups is 2. The molecule has 0 heterocycles. The van der Waals surface area contributed by atoms with E-state index < -0.39 is 6.04 Å². The van der Waals surface area contributed by atoms with Crippen molar-refractivity contribution >= 4 is 35.2 Å². The topological polar surface area (TPSA) is 49.4 Å². The second-order valence-corrected chi connectivity index (χ2v) is 9.26. The molecule has 0 unspecified atom stereocenters. The minimum atomic E-state index is -0.626. The largest absolute Gasteiger partial charge is 0.352 e. The van der Waals surface area contributed by atoms with Crippen molar-refractivity contribution in [2.75, 3.05) is 5.75 Å². The normalized spacial score (nSPS) is 14.9. The first-order valence-electron chi connectivity index (χ1n) is 10.6. The predicted octanol–water partition coefficient (Wildman–Crippen LogP) is 5.19. The number of carbonyl (C=O) groups excluding carboxylic acids is 2. The summed E-state index contributed by atoms with van der Waals surface area (Å²) in [7, 11) is 0. The highest BCUT2D eigenvalue weighted by Crippen LogP contribution is 2.22. The molecular formula is C24H28ClFN2O2S. The van der Waals surface area contributed by atoms with Crippen LogP contribution in [0.25, 0.3) is 0 Å². The van der Waals surface area contributed by atoms with Crippen LogP contribution in [0.4, 0.5) is 4.39 Å². The van der Waals surface area contributed by atoms with E-state index in [4.69, 9.17) is 11.6 Å². The van der Waals surface area contributed by atoms with Crippen molar-refractivity contribution in [2.24, 2.45) is 0 Å². The maximum atomic E-state index is 13.9. The van der Waals surface area contributed by atoms with Crippen molar-refractivity contribution in [3.63, 3.8) is 0 Å². The first-order valence-corrected chi connectivity index (χ1v) is 12.1. The molecule has 0 aromatic heterocycles. The summed E-state index contributed by atoms with van der Waals surface area (Å²) >= 11 is 7.65. The summed E-state index contributed by atoms with van der Waals surface area (Å²) in [6.07, 6.45) is 4.20. The van der Waals surface area contributed by atoms with Gasteiger partial charge in [0.25, 0.3) is 0 Å². The number of rotatable bonds is 9. The number of thioether (sulfide) groups is 1. The van der Waals surface area contributed by atoms with E-state index in [1.807, 2.05) is 18.2 Å². The lowest BCUT2D eigenvalue weighted by Gasteiger charge is -2.30. The van der Waals surface area contributed by atoms with Crippen LogP contribution >= 0.6 is 23.4 Å². The van der Waals surface area contributed by atoms with Gasteiger partial charge in [0, 0.05) is 23.4 Å². The first-order chi connectivity index (χ1) is 15.0. The third-order valence-electron chi connectivity index (χ3n) is 5.61. The van der Waals surface area contributed by atoms with Crippen LogP contribution < -0.4 is 5.32 Å². The second-order valence-electron chi connectivity index (χ2n) is 7.86. The average Bonchev–Trinajstić information content (AvgIpc) is 3.27. The fraction of sp³-hybridized carbons (Fsp3) is 0.417. The Morgan fingerprint density at radius 1 is 1.13 bits per heavy atom. The molecule has 1 aliphatic rings. The Bertz CT molecular complexity index is 905. The van der Waals surface area contributed by atoms with Gasteiger partial charge >= 0.3 is 0 Å². The lowest BCUT2D eigenvalue weighted by molar-refractivity contribution is -0.138. The molecule has 2 aromatic carbocycles. The van der Waals surface area contributed by atoms with Crippen LogP contribution in [0.5, 0.6) is 0 Å². The third kappa shape index (κ3) is 6.71. The van der Waals surface area contributed by atoms with Crippen molar-refractivity contribution in [1.82, 2.24) is 10.2 Å². The molecule has 1 atom stereocenters. The molecule has 0 aliphatic heterocycles. The van der Waals surface area contributed by atoms with Crippen LogP contribution in [0, 0.1) is 5.82 Å². The predicted molar refractivity (Wildman–Crippen MR) is 124 cm³/mol. The van der Waals surface area contributed by atoms with Gasteiger partial charge in [-0.2, -0.15) is 0 Å². The molecule has 1 aliphatic carbocycles. The van der Waals surface area contributed by atoms with E-state index in [0.717, 1.165) is 31.2 Å². The highest BCUT2D eigenvalue weighted by Gasteiger charge is 2.28. The lowest BCUT2D eigenvalue weighted by Crippen LogP contribution is -2.50. The minimum absolute atomic E-state index is 0.147. The quantitative estimate of drug-likeness (QED) is 0.558. The molecule has 2 amide bonds. The van der Waals surface area contributed by atoms with Gasteiger partial charge in [-0.15, -0.1) is 11.8 Å². The van der Waals surface area contributed by atoms with Crippen molar-refractivity contribution in [1.29, 1.82) is 0 Å². The molecule has 7 heteroatoms. The fourth-order valence-corrected chi connectivity index (χ4v) is 4.82. The van der Waals surface area contributed by atoms with Crippen molar-refractivity contribution < 1.29 is 14.0 Å². The first kappa shape index (κ1) is 23.6. The van der Waals surface area contributed by atoms with Crippen LogP contribution in [0.15, 0.2) is 48.5 Å². The van der Waals surface area contributed by atoms with Crippen molar-refractivity contribution in [3.05, 3.63) is 70.5 Å². The van der Waals surface area contributed by atoms with E-state index in [0.29, 0.717) is 16.3 Å². The standard InChI is InChI=1S/C24H28ClFN2O2S/c1-17(24(30)27-20-10-4-5-11-20)28(14-18-8-2-6-12-21(18)25)23(29)16-31-15-19-9-3-7-13-22(19)26/h2-3,6-9,12-13,17,20H,4-5,10-11,14-16H2,1H3,(H,27,30)/t17-/m1/s1. The maximum Gasteiger partial charge on any atom is 0.242 e. The molecule has 31 heavy (non-hydrogen) atoms. The number of amides is 2. The molecule has 1 saturated carbocycles. The number of hydrogen-bond acceptors (Lipinski definition) is 3. The number of benzene rings is 2. The highest BCUT2D eigenvalue weighted by atomic mass is 35.5. The van der Waals surface area contributed by atoms with Crippen LogP contribution in [0.1, 0.15) is 43.7 Å². The van der Waals surface area contributed by atoms with E-state index >= 15 is 0 Å². The van der Waals surface area contributed by atoms with Gasteiger partial charge in [0.1, 0.15) is 11.9 Å². The number of halogens is 2. The molecule has 0 saturated heterocycles. The summed E-state index contributed by atoms with van der Waals surface area (Å²) in [5, 5.41) is 3.64. The summed E-state index contributed by atoms with van der Waals surface area (Å²) in [5.74, 6) is -0.0534. The van der Waals surface area contributed by atoms with Gasteiger partial charge in [-0.05, 0) is 43.0 Å². The van der Waals surface area contributed by atoms with Gasteiger partial charge < -0.3 is 10.2 Å². The van der Waals surface area contributed by atoms with E-state index in [9.17, 15) is 14.0 Å². The summed E-state index contributed by atoms with van der Waals surface area (Å²) < 4.78 is 13.9. The zero-order chi connectivity index (χ0) is 22.2. The zero-order valence-electron chi connectivity index (χ0n) is 17.7. The van der Waals surface area contributed by atoms with Gasteiger partial charge in [0.15, 0.2) is 0 Å². The number of nitrogens with one attached hydrogen (secondary N) is 1. The second kappa shape index (κ2) is 11.5. The average molecular weight is 463 g/mol. The number of hydrogen-bond donors (Lipinski definition) is 1. The van der Waals surface area contributed by atoms with Crippen LogP contribution in [0.2, 0.25) is 5.02 Å². The Kier molecular flexibility index (Phi) is 8.79. The van der Waals surface area contributed by atoms with Crippen LogP contribution in [-0.4, -0.2) is 34.6 Å². The molecular weight excluding hydrogens is 435 g/mol. The van der Waals surface area contributed by atoms with Crippen molar-refractivity contribution in [2.45, 2.75) is 57.0 Å². The van der Waals surface area contributed by atoms with Gasteiger partial charge in [-0.3, -0.25) is 9.59 Å². The molecule has 3 rings (SSSR count). The minimum Gasteiger partial charge on any atom is -0.352 e. The molecule has 0 radical (unpaired) electrons. The van der Waals surface area contributed by atoms with E-state index in [1.165, 1.54) is 17.8 Å². The molecule has 0 spiro atoms. The summed E-state index contributed by atoms with van der Waals surface area (Å²) in [4.78, 5) is 27.5. The molecule has 166 valence electrons. The van der Waals surface area contributed by atoms with Gasteiger partial charge in [-0.25, -0.2) is 4.39 Å². The van der Waals surface area contributed by atoms with E-state index in [2.05, 4.69) is 5.32 Å². The summed E-state index contributed by atoms with van der Waals surface area (Å²) in [6, 6.07) is 13.4. The highest BCUT2D eigenvalue weighted by molar-refractivity contribution is 7.99. The third-order valence-corrected chi connectivity index (χ3v) is 6.94. The smallest absolute Gasteiger partial charge is 0.242 e. The van der Waals surface area contributed by atoms with Gasteiger partial charge in [0.05, 0.1) is 5.75 Å². The van der Waals surface area contributed by atoms with Crippen LogP contribution in [-0.2, 0) is 21.9 Å². The van der Waals surface area contributed by atoms with Crippen molar-refractivity contribution in [3.8, 4) is 0 Å². The lowest BCUT2D eigenvalue weighted by atomic mass is 10.1. The van der Waals surface area contributed by atoms with Gasteiger partial charge in [-0.1, -0.05) is 60.8 Å². The Labute approximate surface area is 192 Å². The molecule has 0 bridgehead atoms. The summed E-state index contributed by atoms with van der Waals surface area (Å²) in [5.41, 5.74) is 1.35. The fourth-order valence-electron chi connectivity index (χ4n) is 3.73. The molecule has 1 N–H and O–H groups in total. The van der Waals surface area contributed by atoms with Crippen LogP contribution in [0.3, 0.4) is 0 Å². The van der Waals surface area contributed by atoms with E-state index in [1.54, 1.807) is 36.1 Å². The van der Waals surface area contributed by atoms with E-state index in [-0.39, 0.29) is 36.0 Å². The SMILES string of the molecule is C[C@H](C(=O)NC1CCCC1)N(Cc1ccccc1Cl)C(=O)CSCc1ccccc1F. The molecule has 2 aromatic rings. The Hall–Kier alpha value is -2.05. The summed E-state index contributed by atoms with van der Waals surface area (Å²) in [6.45, 7) is 2.00.